The molecule has 30 heavy (non-hydrogen) atoms. The summed E-state index contributed by atoms with van der Waals surface area (Å²) in [5.74, 6) is 1.96. The standard InChI is InChI=1S/C22H22Cl2FN3O2/c23-8-3-9-29-16-11-19-21(20(12-16)30-15-4-1-2-5-15)22(27-13-26-19)28-14-6-7-18(25)17(24)10-14/h6-7,10-13,15H,1-5,8-9H2,(H,26,27,28). The van der Waals surface area contributed by atoms with Gasteiger partial charge in [-0.25, -0.2) is 14.4 Å². The fourth-order valence-corrected chi connectivity index (χ4v) is 3.83. The predicted octanol–water partition coefficient (Wildman–Crippen LogP) is 6.50. The van der Waals surface area contributed by atoms with E-state index < -0.39 is 5.82 Å². The summed E-state index contributed by atoms with van der Waals surface area (Å²) in [6, 6.07) is 8.17. The molecule has 0 bridgehead atoms. The summed E-state index contributed by atoms with van der Waals surface area (Å²) in [4.78, 5) is 8.81. The van der Waals surface area contributed by atoms with Gasteiger partial charge in [0, 0.05) is 23.7 Å². The highest BCUT2D eigenvalue weighted by Gasteiger charge is 2.20. The Morgan fingerprint density at radius 2 is 1.97 bits per heavy atom. The number of nitrogens with zero attached hydrogens (tertiary/aromatic N) is 2. The van der Waals surface area contributed by atoms with Gasteiger partial charge in [-0.3, -0.25) is 0 Å². The molecule has 158 valence electrons. The van der Waals surface area contributed by atoms with E-state index >= 15 is 0 Å². The first-order valence-corrected chi connectivity index (χ1v) is 10.9. The lowest BCUT2D eigenvalue weighted by molar-refractivity contribution is 0.211. The third-order valence-corrected chi connectivity index (χ3v) is 5.56. The molecular weight excluding hydrogens is 428 g/mol. The number of aromatic nitrogens is 2. The van der Waals surface area contributed by atoms with Crippen LogP contribution in [0.4, 0.5) is 15.9 Å². The van der Waals surface area contributed by atoms with E-state index in [0.717, 1.165) is 37.5 Å². The average molecular weight is 450 g/mol. The number of fused-ring (bicyclic) bond motifs is 1. The van der Waals surface area contributed by atoms with Gasteiger partial charge < -0.3 is 14.8 Å². The van der Waals surface area contributed by atoms with Crippen LogP contribution in [0.25, 0.3) is 10.9 Å². The monoisotopic (exact) mass is 449 g/mol. The Morgan fingerprint density at radius 1 is 1.13 bits per heavy atom. The van der Waals surface area contributed by atoms with Gasteiger partial charge in [0.1, 0.15) is 29.5 Å². The van der Waals surface area contributed by atoms with Crippen LogP contribution in [0.15, 0.2) is 36.7 Å². The number of alkyl halides is 1. The van der Waals surface area contributed by atoms with Crippen LogP contribution in [-0.4, -0.2) is 28.6 Å². The fourth-order valence-electron chi connectivity index (χ4n) is 3.54. The van der Waals surface area contributed by atoms with E-state index in [2.05, 4.69) is 15.3 Å². The maximum atomic E-state index is 13.5. The molecule has 0 amide bonds. The third kappa shape index (κ3) is 4.87. The molecule has 1 N–H and O–H groups in total. The molecule has 8 heteroatoms. The Morgan fingerprint density at radius 3 is 2.73 bits per heavy atom. The quantitative estimate of drug-likeness (QED) is 0.314. The van der Waals surface area contributed by atoms with Crippen molar-refractivity contribution in [3.05, 3.63) is 47.5 Å². The molecule has 1 aliphatic carbocycles. The van der Waals surface area contributed by atoms with Crippen LogP contribution in [0.5, 0.6) is 11.5 Å². The highest BCUT2D eigenvalue weighted by Crippen LogP contribution is 2.38. The summed E-state index contributed by atoms with van der Waals surface area (Å²) < 4.78 is 25.7. The van der Waals surface area contributed by atoms with Crippen molar-refractivity contribution < 1.29 is 13.9 Å². The number of ether oxygens (including phenoxy) is 2. The van der Waals surface area contributed by atoms with E-state index in [1.807, 2.05) is 12.1 Å². The van der Waals surface area contributed by atoms with Crippen molar-refractivity contribution >= 4 is 45.6 Å². The SMILES string of the molecule is Fc1ccc(Nc2ncnc3cc(OCCCCl)cc(OC4CCCC4)c23)cc1Cl. The molecule has 1 saturated carbocycles. The number of nitrogens with one attached hydrogen (secondary N) is 1. The highest BCUT2D eigenvalue weighted by molar-refractivity contribution is 6.31. The summed E-state index contributed by atoms with van der Waals surface area (Å²) >= 11 is 11.7. The molecule has 0 saturated heterocycles. The van der Waals surface area contributed by atoms with Crippen LogP contribution in [-0.2, 0) is 0 Å². The first kappa shape index (κ1) is 20.9. The van der Waals surface area contributed by atoms with E-state index in [1.54, 1.807) is 6.07 Å². The molecule has 0 spiro atoms. The number of rotatable bonds is 8. The van der Waals surface area contributed by atoms with Gasteiger partial charge in [-0.1, -0.05) is 11.6 Å². The zero-order chi connectivity index (χ0) is 20.9. The van der Waals surface area contributed by atoms with Crippen LogP contribution in [0.1, 0.15) is 32.1 Å². The average Bonchev–Trinajstić information content (AvgIpc) is 3.24. The van der Waals surface area contributed by atoms with Crippen molar-refractivity contribution in [1.29, 1.82) is 0 Å². The van der Waals surface area contributed by atoms with E-state index in [1.165, 1.54) is 18.5 Å². The molecule has 1 aliphatic rings. The minimum absolute atomic E-state index is 0.0377. The Labute approximate surface area is 184 Å². The maximum absolute atomic E-state index is 13.5. The first-order valence-electron chi connectivity index (χ1n) is 10.0. The minimum Gasteiger partial charge on any atom is -0.493 e. The van der Waals surface area contributed by atoms with E-state index in [9.17, 15) is 4.39 Å². The summed E-state index contributed by atoms with van der Waals surface area (Å²) in [6.07, 6.45) is 6.72. The molecule has 0 aliphatic heterocycles. The normalized spacial score (nSPS) is 14.2. The molecule has 4 rings (SSSR count). The van der Waals surface area contributed by atoms with Gasteiger partial charge in [-0.15, -0.1) is 11.6 Å². The highest BCUT2D eigenvalue weighted by atomic mass is 35.5. The number of benzene rings is 2. The van der Waals surface area contributed by atoms with Gasteiger partial charge in [0.05, 0.1) is 28.6 Å². The topological polar surface area (TPSA) is 56.3 Å². The van der Waals surface area contributed by atoms with Crippen LogP contribution >= 0.6 is 23.2 Å². The summed E-state index contributed by atoms with van der Waals surface area (Å²) in [5, 5.41) is 3.99. The molecule has 0 radical (unpaired) electrons. The molecule has 2 aromatic carbocycles. The lowest BCUT2D eigenvalue weighted by Crippen LogP contribution is -2.12. The van der Waals surface area contributed by atoms with Gasteiger partial charge in [-0.05, 0) is 50.3 Å². The summed E-state index contributed by atoms with van der Waals surface area (Å²) in [6.45, 7) is 0.516. The van der Waals surface area contributed by atoms with Crippen LogP contribution in [0, 0.1) is 5.82 Å². The second-order valence-corrected chi connectivity index (χ2v) is 7.99. The Bertz CT molecular complexity index is 1030. The molecular formula is C22H22Cl2FN3O2. The van der Waals surface area contributed by atoms with Gasteiger partial charge in [0.2, 0.25) is 0 Å². The Balaban J connectivity index is 1.72. The molecule has 1 aromatic heterocycles. The van der Waals surface area contributed by atoms with E-state index in [4.69, 9.17) is 32.7 Å². The number of hydrogen-bond donors (Lipinski definition) is 1. The molecule has 1 heterocycles. The zero-order valence-electron chi connectivity index (χ0n) is 16.3. The molecule has 1 fully saturated rings. The number of hydrogen-bond acceptors (Lipinski definition) is 5. The van der Waals surface area contributed by atoms with Crippen molar-refractivity contribution in [2.24, 2.45) is 0 Å². The summed E-state index contributed by atoms with van der Waals surface area (Å²) in [7, 11) is 0. The molecule has 3 aromatic rings. The van der Waals surface area contributed by atoms with Gasteiger partial charge in [0.15, 0.2) is 0 Å². The second kappa shape index (κ2) is 9.67. The van der Waals surface area contributed by atoms with Crippen molar-refractivity contribution in [3.63, 3.8) is 0 Å². The van der Waals surface area contributed by atoms with Crippen molar-refractivity contribution in [2.75, 3.05) is 17.8 Å². The van der Waals surface area contributed by atoms with Crippen molar-refractivity contribution in [1.82, 2.24) is 9.97 Å². The van der Waals surface area contributed by atoms with Gasteiger partial charge >= 0.3 is 0 Å². The maximum Gasteiger partial charge on any atom is 0.145 e. The lowest BCUT2D eigenvalue weighted by Gasteiger charge is -2.18. The number of anilines is 2. The minimum atomic E-state index is -0.473. The predicted molar refractivity (Wildman–Crippen MR) is 118 cm³/mol. The van der Waals surface area contributed by atoms with Crippen LogP contribution in [0.3, 0.4) is 0 Å². The second-order valence-electron chi connectivity index (χ2n) is 7.21. The smallest absolute Gasteiger partial charge is 0.145 e. The lowest BCUT2D eigenvalue weighted by atomic mass is 10.2. The van der Waals surface area contributed by atoms with Crippen LogP contribution < -0.4 is 14.8 Å². The molecule has 0 atom stereocenters. The summed E-state index contributed by atoms with van der Waals surface area (Å²) in [5.41, 5.74) is 1.31. The molecule has 5 nitrogen and oxygen atoms in total. The fraction of sp³-hybridized carbons (Fsp3) is 0.364. The van der Waals surface area contributed by atoms with Crippen molar-refractivity contribution in [2.45, 2.75) is 38.2 Å². The van der Waals surface area contributed by atoms with Crippen LogP contribution in [0.2, 0.25) is 5.02 Å². The van der Waals surface area contributed by atoms with Crippen molar-refractivity contribution in [3.8, 4) is 11.5 Å². The Hall–Kier alpha value is -2.31. The number of halogens is 3. The Kier molecular flexibility index (Phi) is 6.75. The van der Waals surface area contributed by atoms with E-state index in [0.29, 0.717) is 41.0 Å². The molecule has 0 unspecified atom stereocenters. The third-order valence-electron chi connectivity index (χ3n) is 5.00. The van der Waals surface area contributed by atoms with E-state index in [-0.39, 0.29) is 11.1 Å². The largest absolute Gasteiger partial charge is 0.493 e. The first-order chi connectivity index (χ1) is 14.6. The van der Waals surface area contributed by atoms with Gasteiger partial charge in [0.25, 0.3) is 0 Å². The zero-order valence-corrected chi connectivity index (χ0v) is 17.8. The van der Waals surface area contributed by atoms with Gasteiger partial charge in [-0.2, -0.15) is 0 Å².